The Morgan fingerprint density at radius 1 is 1.05 bits per heavy atom. The summed E-state index contributed by atoms with van der Waals surface area (Å²) in [6.45, 7) is 1.99. The van der Waals surface area contributed by atoms with Gasteiger partial charge < -0.3 is 5.73 Å². The molecule has 2 N–H and O–H groups in total. The Bertz CT molecular complexity index is 586. The van der Waals surface area contributed by atoms with Crippen molar-refractivity contribution in [1.82, 2.24) is 0 Å². The maximum atomic E-state index is 14.0. The maximum absolute atomic E-state index is 14.0. The summed E-state index contributed by atoms with van der Waals surface area (Å²) in [5.41, 5.74) is 6.77. The molecule has 0 amide bonds. The number of halogens is 2. The molecule has 0 aliphatic rings. The second kappa shape index (κ2) is 6.86. The van der Waals surface area contributed by atoms with Crippen molar-refractivity contribution in [2.24, 2.45) is 5.73 Å². The molecule has 106 valence electrons. The van der Waals surface area contributed by atoms with Crippen LogP contribution in [0.5, 0.6) is 0 Å². The molecule has 2 aromatic carbocycles. The average Bonchev–Trinajstić information content (AvgIpc) is 2.44. The van der Waals surface area contributed by atoms with E-state index in [9.17, 15) is 8.78 Å². The lowest BCUT2D eigenvalue weighted by Gasteiger charge is -2.14. The summed E-state index contributed by atoms with van der Waals surface area (Å²) < 4.78 is 27.7. The van der Waals surface area contributed by atoms with Gasteiger partial charge in [-0.3, -0.25) is 0 Å². The summed E-state index contributed by atoms with van der Waals surface area (Å²) in [7, 11) is 0. The van der Waals surface area contributed by atoms with Crippen molar-refractivity contribution < 1.29 is 8.78 Å². The summed E-state index contributed by atoms with van der Waals surface area (Å²) in [6.07, 6.45) is 1.41. The molecule has 2 rings (SSSR count). The first-order chi connectivity index (χ1) is 9.61. The molecule has 0 bridgehead atoms. The van der Waals surface area contributed by atoms with Crippen molar-refractivity contribution in [1.29, 1.82) is 0 Å². The SMILES string of the molecule is CCC(N)Cc1cccc(F)c1Sc1ccccc1F. The maximum Gasteiger partial charge on any atom is 0.137 e. The molecule has 0 heterocycles. The topological polar surface area (TPSA) is 26.0 Å². The fraction of sp³-hybridized carbons (Fsp3) is 0.250. The highest BCUT2D eigenvalue weighted by molar-refractivity contribution is 7.99. The van der Waals surface area contributed by atoms with Gasteiger partial charge in [0, 0.05) is 10.9 Å². The van der Waals surface area contributed by atoms with Crippen molar-refractivity contribution in [3.05, 3.63) is 59.7 Å². The van der Waals surface area contributed by atoms with Crippen molar-refractivity contribution in [3.8, 4) is 0 Å². The molecular formula is C16H17F2NS. The van der Waals surface area contributed by atoms with Crippen molar-refractivity contribution in [2.75, 3.05) is 0 Å². The summed E-state index contributed by atoms with van der Waals surface area (Å²) >= 11 is 1.11. The predicted molar refractivity (Wildman–Crippen MR) is 78.9 cm³/mol. The third kappa shape index (κ3) is 3.58. The van der Waals surface area contributed by atoms with Crippen molar-refractivity contribution >= 4 is 11.8 Å². The first-order valence-electron chi connectivity index (χ1n) is 6.57. The van der Waals surface area contributed by atoms with Crippen LogP contribution >= 0.6 is 11.8 Å². The lowest BCUT2D eigenvalue weighted by atomic mass is 10.0. The zero-order valence-electron chi connectivity index (χ0n) is 11.3. The van der Waals surface area contributed by atoms with E-state index in [1.165, 1.54) is 12.1 Å². The summed E-state index contributed by atoms with van der Waals surface area (Å²) in [4.78, 5) is 0.880. The third-order valence-corrected chi connectivity index (χ3v) is 4.32. The number of hydrogen-bond donors (Lipinski definition) is 1. The van der Waals surface area contributed by atoms with E-state index in [-0.39, 0.29) is 17.7 Å². The van der Waals surface area contributed by atoms with Gasteiger partial charge in [0.2, 0.25) is 0 Å². The lowest BCUT2D eigenvalue weighted by molar-refractivity contribution is 0.583. The first kappa shape index (κ1) is 15.0. The monoisotopic (exact) mass is 293 g/mol. The Labute approximate surface area is 122 Å². The van der Waals surface area contributed by atoms with E-state index in [1.54, 1.807) is 24.3 Å². The van der Waals surface area contributed by atoms with Gasteiger partial charge in [-0.2, -0.15) is 0 Å². The van der Waals surface area contributed by atoms with Crippen molar-refractivity contribution in [3.63, 3.8) is 0 Å². The van der Waals surface area contributed by atoms with Gasteiger partial charge in [0.25, 0.3) is 0 Å². The molecule has 0 saturated carbocycles. The van der Waals surface area contributed by atoms with E-state index in [2.05, 4.69) is 0 Å². The Morgan fingerprint density at radius 3 is 2.45 bits per heavy atom. The lowest BCUT2D eigenvalue weighted by Crippen LogP contribution is -2.21. The standard InChI is InChI=1S/C16H17F2NS/c1-2-12(19)10-11-6-5-8-14(18)16(11)20-15-9-4-3-7-13(15)17/h3-9,12H,2,10,19H2,1H3. The molecule has 0 saturated heterocycles. The average molecular weight is 293 g/mol. The molecule has 0 fully saturated rings. The second-order valence-corrected chi connectivity index (χ2v) is 5.69. The summed E-state index contributed by atoms with van der Waals surface area (Å²) in [5, 5.41) is 0. The van der Waals surface area contributed by atoms with Crippen LogP contribution < -0.4 is 5.73 Å². The van der Waals surface area contributed by atoms with E-state index in [0.29, 0.717) is 16.2 Å². The minimum absolute atomic E-state index is 0.0169. The van der Waals surface area contributed by atoms with Crippen LogP contribution in [0.15, 0.2) is 52.3 Å². The quantitative estimate of drug-likeness (QED) is 0.884. The second-order valence-electron chi connectivity index (χ2n) is 4.63. The Kier molecular flexibility index (Phi) is 5.15. The number of hydrogen-bond acceptors (Lipinski definition) is 2. The smallest absolute Gasteiger partial charge is 0.137 e. The zero-order valence-corrected chi connectivity index (χ0v) is 12.1. The molecule has 2 aromatic rings. The van der Waals surface area contributed by atoms with Crippen LogP contribution in [-0.2, 0) is 6.42 Å². The molecular weight excluding hydrogens is 276 g/mol. The van der Waals surface area contributed by atoms with E-state index in [4.69, 9.17) is 5.73 Å². The molecule has 1 unspecified atom stereocenters. The summed E-state index contributed by atoms with van der Waals surface area (Å²) in [5.74, 6) is -0.675. The van der Waals surface area contributed by atoms with Gasteiger partial charge in [0.15, 0.2) is 0 Å². The van der Waals surface area contributed by atoms with E-state index in [0.717, 1.165) is 23.7 Å². The van der Waals surface area contributed by atoms with Crippen LogP contribution in [0.2, 0.25) is 0 Å². The predicted octanol–water partition coefficient (Wildman–Crippen LogP) is 4.40. The van der Waals surface area contributed by atoms with Crippen LogP contribution in [0.25, 0.3) is 0 Å². The molecule has 0 aliphatic carbocycles. The van der Waals surface area contributed by atoms with Crippen LogP contribution in [0.4, 0.5) is 8.78 Å². The Balaban J connectivity index is 2.33. The molecule has 4 heteroatoms. The highest BCUT2D eigenvalue weighted by Crippen LogP contribution is 2.34. The largest absolute Gasteiger partial charge is 0.327 e. The highest BCUT2D eigenvalue weighted by atomic mass is 32.2. The Morgan fingerprint density at radius 2 is 1.75 bits per heavy atom. The fourth-order valence-electron chi connectivity index (χ4n) is 1.89. The third-order valence-electron chi connectivity index (χ3n) is 3.10. The van der Waals surface area contributed by atoms with Crippen molar-refractivity contribution in [2.45, 2.75) is 35.6 Å². The highest BCUT2D eigenvalue weighted by Gasteiger charge is 2.14. The fourth-order valence-corrected chi connectivity index (χ4v) is 2.87. The molecule has 0 radical (unpaired) electrons. The molecule has 20 heavy (non-hydrogen) atoms. The molecule has 0 aliphatic heterocycles. The van der Waals surface area contributed by atoms with Gasteiger partial charge in [-0.25, -0.2) is 8.78 Å². The van der Waals surface area contributed by atoms with Crippen LogP contribution in [0.1, 0.15) is 18.9 Å². The minimum Gasteiger partial charge on any atom is -0.327 e. The van der Waals surface area contributed by atoms with Gasteiger partial charge in [0.1, 0.15) is 11.6 Å². The minimum atomic E-state index is -0.341. The van der Waals surface area contributed by atoms with Gasteiger partial charge in [-0.05, 0) is 36.6 Å². The van der Waals surface area contributed by atoms with Gasteiger partial charge in [0.05, 0.1) is 4.90 Å². The number of nitrogens with two attached hydrogens (primary N) is 1. The van der Waals surface area contributed by atoms with Gasteiger partial charge >= 0.3 is 0 Å². The van der Waals surface area contributed by atoms with Crippen LogP contribution in [0.3, 0.4) is 0 Å². The first-order valence-corrected chi connectivity index (χ1v) is 7.38. The van der Waals surface area contributed by atoms with Gasteiger partial charge in [-0.1, -0.05) is 43.0 Å². The van der Waals surface area contributed by atoms with E-state index in [1.807, 2.05) is 13.0 Å². The zero-order chi connectivity index (χ0) is 14.5. The normalized spacial score (nSPS) is 12.4. The molecule has 0 spiro atoms. The molecule has 1 nitrogen and oxygen atoms in total. The number of benzene rings is 2. The van der Waals surface area contributed by atoms with Crippen LogP contribution in [-0.4, -0.2) is 6.04 Å². The Hall–Kier alpha value is -1.39. The molecule has 0 aromatic heterocycles. The summed E-state index contributed by atoms with van der Waals surface area (Å²) in [6, 6.07) is 11.3. The number of rotatable bonds is 5. The van der Waals surface area contributed by atoms with Crippen LogP contribution in [0, 0.1) is 11.6 Å². The van der Waals surface area contributed by atoms with E-state index >= 15 is 0 Å². The molecule has 1 atom stereocenters. The van der Waals surface area contributed by atoms with Gasteiger partial charge in [-0.15, -0.1) is 0 Å². The van der Waals surface area contributed by atoms with E-state index < -0.39 is 0 Å².